The Bertz CT molecular complexity index is 394. The number of fused-ring (bicyclic) bond motifs is 1. The fourth-order valence-corrected chi connectivity index (χ4v) is 1.11. The molecule has 2 aromatic heterocycles. The van der Waals surface area contributed by atoms with Crippen molar-refractivity contribution in [3.8, 4) is 0 Å². The fourth-order valence-electron chi connectivity index (χ4n) is 0.912. The van der Waals surface area contributed by atoms with E-state index in [9.17, 15) is 0 Å². The van der Waals surface area contributed by atoms with Crippen molar-refractivity contribution < 1.29 is 0 Å². The second-order valence-electron chi connectivity index (χ2n) is 2.12. The number of hydrogen-bond acceptors (Lipinski definition) is 3. The summed E-state index contributed by atoms with van der Waals surface area (Å²) in [6.07, 6.45) is 3.08. The van der Waals surface area contributed by atoms with Crippen molar-refractivity contribution in [3.05, 3.63) is 23.6 Å². The van der Waals surface area contributed by atoms with Crippen molar-refractivity contribution >= 4 is 23.2 Å². The lowest BCUT2D eigenvalue weighted by Crippen LogP contribution is -1.99. The molecule has 0 spiro atoms. The van der Waals surface area contributed by atoms with Crippen LogP contribution in [0.15, 0.2) is 18.6 Å². The lowest BCUT2D eigenvalue weighted by molar-refractivity contribution is 1.04. The molecule has 0 atom stereocenters. The lowest BCUT2D eigenvalue weighted by Gasteiger charge is -1.94. The monoisotopic (exact) mass is 168 g/mol. The molecule has 2 rings (SSSR count). The first-order valence-electron chi connectivity index (χ1n) is 3.01. The van der Waals surface area contributed by atoms with Gasteiger partial charge in [0.1, 0.15) is 12.0 Å². The Kier molecular flexibility index (Phi) is 1.22. The van der Waals surface area contributed by atoms with Gasteiger partial charge in [0, 0.05) is 12.3 Å². The molecule has 11 heavy (non-hydrogen) atoms. The zero-order valence-electron chi connectivity index (χ0n) is 5.53. The maximum absolute atomic E-state index is 5.71. The fraction of sp³-hybridized carbons (Fsp3) is 0. The van der Waals surface area contributed by atoms with Crippen LogP contribution in [-0.4, -0.2) is 14.4 Å². The van der Waals surface area contributed by atoms with Crippen LogP contribution in [0.1, 0.15) is 0 Å². The van der Waals surface area contributed by atoms with Crippen molar-refractivity contribution in [2.75, 3.05) is 5.73 Å². The molecule has 0 saturated heterocycles. The van der Waals surface area contributed by atoms with Gasteiger partial charge < -0.3 is 5.73 Å². The smallest absolute Gasteiger partial charge is 0.207 e. The third-order valence-corrected chi connectivity index (χ3v) is 1.60. The Labute approximate surface area is 67.6 Å². The highest BCUT2D eigenvalue weighted by atomic mass is 35.5. The second-order valence-corrected chi connectivity index (χ2v) is 2.55. The molecule has 0 bridgehead atoms. The Balaban J connectivity index is 2.90. The van der Waals surface area contributed by atoms with E-state index in [1.54, 1.807) is 16.7 Å². The molecule has 2 aromatic rings. The molecule has 0 unspecified atom stereocenters. The molecule has 0 amide bonds. The summed E-state index contributed by atoms with van der Waals surface area (Å²) in [4.78, 5) is 7.74. The first kappa shape index (κ1) is 6.42. The van der Waals surface area contributed by atoms with Crippen LogP contribution < -0.4 is 5.73 Å². The van der Waals surface area contributed by atoms with Gasteiger partial charge in [0.05, 0.1) is 5.02 Å². The van der Waals surface area contributed by atoms with Crippen molar-refractivity contribution in [2.45, 2.75) is 0 Å². The Morgan fingerprint density at radius 2 is 2.27 bits per heavy atom. The van der Waals surface area contributed by atoms with Crippen LogP contribution in [0.5, 0.6) is 0 Å². The van der Waals surface area contributed by atoms with E-state index in [0.29, 0.717) is 16.6 Å². The van der Waals surface area contributed by atoms with Crippen LogP contribution in [0.2, 0.25) is 5.02 Å². The predicted octanol–water partition coefficient (Wildman–Crippen LogP) is 0.965. The van der Waals surface area contributed by atoms with Gasteiger partial charge in [-0.05, 0) is 0 Å². The quantitative estimate of drug-likeness (QED) is 0.638. The van der Waals surface area contributed by atoms with E-state index in [4.69, 9.17) is 17.3 Å². The first-order valence-corrected chi connectivity index (χ1v) is 3.39. The summed E-state index contributed by atoms with van der Waals surface area (Å²) in [5, 5.41) is 0.609. The molecule has 0 aromatic carbocycles. The van der Waals surface area contributed by atoms with Gasteiger partial charge in [-0.3, -0.25) is 4.40 Å². The average molecular weight is 169 g/mol. The molecule has 5 heteroatoms. The normalized spacial score (nSPS) is 10.6. The van der Waals surface area contributed by atoms with Crippen LogP contribution >= 0.6 is 11.6 Å². The number of halogens is 1. The van der Waals surface area contributed by atoms with Crippen molar-refractivity contribution in [3.63, 3.8) is 0 Å². The highest BCUT2D eigenvalue weighted by Crippen LogP contribution is 2.13. The van der Waals surface area contributed by atoms with Gasteiger partial charge in [-0.1, -0.05) is 11.6 Å². The molecule has 0 fully saturated rings. The molecular formula is C6H5ClN4. The van der Waals surface area contributed by atoms with Crippen LogP contribution in [0.25, 0.3) is 5.65 Å². The Morgan fingerprint density at radius 3 is 3.00 bits per heavy atom. The third kappa shape index (κ3) is 0.914. The van der Waals surface area contributed by atoms with Crippen LogP contribution in [-0.2, 0) is 0 Å². The number of nitrogens with two attached hydrogens (primary N) is 1. The highest BCUT2D eigenvalue weighted by molar-refractivity contribution is 6.31. The van der Waals surface area contributed by atoms with Gasteiger partial charge in [0.2, 0.25) is 5.95 Å². The van der Waals surface area contributed by atoms with Crippen LogP contribution in [0.4, 0.5) is 5.95 Å². The largest absolute Gasteiger partial charge is 0.369 e. The topological polar surface area (TPSA) is 56.2 Å². The van der Waals surface area contributed by atoms with E-state index in [2.05, 4.69) is 9.97 Å². The molecule has 4 nitrogen and oxygen atoms in total. The van der Waals surface area contributed by atoms with Crippen molar-refractivity contribution in [2.24, 2.45) is 0 Å². The summed E-state index contributed by atoms with van der Waals surface area (Å²) in [5.41, 5.74) is 6.23. The minimum absolute atomic E-state index is 0.391. The van der Waals surface area contributed by atoms with Crippen molar-refractivity contribution in [1.82, 2.24) is 14.4 Å². The summed E-state index contributed by atoms with van der Waals surface area (Å²) >= 11 is 5.71. The molecule has 0 aliphatic heterocycles. The SMILES string of the molecule is Nc1ncnc2cc(Cl)cn12. The van der Waals surface area contributed by atoms with Gasteiger partial charge in [0.25, 0.3) is 0 Å². The highest BCUT2D eigenvalue weighted by Gasteiger charge is 1.99. The van der Waals surface area contributed by atoms with E-state index in [1.807, 2.05) is 0 Å². The van der Waals surface area contributed by atoms with Gasteiger partial charge >= 0.3 is 0 Å². The summed E-state index contributed by atoms with van der Waals surface area (Å²) in [7, 11) is 0. The number of aromatic nitrogens is 3. The predicted molar refractivity (Wildman–Crippen MR) is 42.4 cm³/mol. The van der Waals surface area contributed by atoms with E-state index in [1.165, 1.54) is 6.33 Å². The average Bonchev–Trinajstić information content (AvgIpc) is 2.31. The van der Waals surface area contributed by atoms with E-state index < -0.39 is 0 Å². The molecular weight excluding hydrogens is 164 g/mol. The minimum atomic E-state index is 0.391. The van der Waals surface area contributed by atoms with Gasteiger partial charge in [-0.25, -0.2) is 9.97 Å². The third-order valence-electron chi connectivity index (χ3n) is 1.39. The zero-order chi connectivity index (χ0) is 7.84. The van der Waals surface area contributed by atoms with Gasteiger partial charge in [-0.15, -0.1) is 0 Å². The minimum Gasteiger partial charge on any atom is -0.369 e. The number of nitrogen functional groups attached to an aromatic ring is 1. The molecule has 0 aliphatic rings. The number of rotatable bonds is 0. The van der Waals surface area contributed by atoms with Crippen molar-refractivity contribution in [1.29, 1.82) is 0 Å². The summed E-state index contributed by atoms with van der Waals surface area (Å²) in [6.45, 7) is 0. The maximum Gasteiger partial charge on any atom is 0.207 e. The summed E-state index contributed by atoms with van der Waals surface area (Å²) < 4.78 is 1.63. The lowest BCUT2D eigenvalue weighted by atomic mass is 10.6. The standard InChI is InChI=1S/C6H5ClN4/c7-4-1-5-9-3-10-6(8)11(5)2-4/h1-3H,(H2,8,9,10). The maximum atomic E-state index is 5.71. The van der Waals surface area contributed by atoms with Gasteiger partial charge in [-0.2, -0.15) is 0 Å². The van der Waals surface area contributed by atoms with E-state index in [0.717, 1.165) is 0 Å². The summed E-state index contributed by atoms with van der Waals surface area (Å²) in [6, 6.07) is 1.72. The summed E-state index contributed by atoms with van der Waals surface area (Å²) in [5.74, 6) is 0.391. The Hall–Kier alpha value is -1.29. The molecule has 2 N–H and O–H groups in total. The van der Waals surface area contributed by atoms with Crippen LogP contribution in [0.3, 0.4) is 0 Å². The zero-order valence-corrected chi connectivity index (χ0v) is 6.28. The first-order chi connectivity index (χ1) is 5.27. The molecule has 0 saturated carbocycles. The molecule has 0 aliphatic carbocycles. The van der Waals surface area contributed by atoms with E-state index >= 15 is 0 Å². The Morgan fingerprint density at radius 1 is 1.45 bits per heavy atom. The number of anilines is 1. The molecule has 56 valence electrons. The number of nitrogens with zero attached hydrogens (tertiary/aromatic N) is 3. The molecule has 0 radical (unpaired) electrons. The van der Waals surface area contributed by atoms with Gasteiger partial charge in [0.15, 0.2) is 0 Å². The number of hydrogen-bond donors (Lipinski definition) is 1. The van der Waals surface area contributed by atoms with E-state index in [-0.39, 0.29) is 0 Å². The molecule has 2 heterocycles. The second kappa shape index (κ2) is 2.10. The van der Waals surface area contributed by atoms with Crippen LogP contribution in [0, 0.1) is 0 Å².